The third-order valence-electron chi connectivity index (χ3n) is 5.24. The maximum atomic E-state index is 13.5. The standard InChI is InChI=1S/C21H17ClF3N3O2/c22-16-6-3-5-15(21(23,24)25)14(16)10-17-13-4-1-2-7-18(13)28(27-17)19-9-8-12(11-26-19)20(29)30/h3,5-6,8-9,11H,1-2,4,7,10H2,(H,29,30). The molecular formula is C21H17ClF3N3O2. The molecule has 0 saturated heterocycles. The smallest absolute Gasteiger partial charge is 0.416 e. The zero-order valence-corrected chi connectivity index (χ0v) is 16.5. The Bertz CT molecular complexity index is 1110. The fourth-order valence-corrected chi connectivity index (χ4v) is 4.06. The minimum absolute atomic E-state index is 0.00104. The summed E-state index contributed by atoms with van der Waals surface area (Å²) in [7, 11) is 0. The molecule has 0 atom stereocenters. The van der Waals surface area contributed by atoms with E-state index < -0.39 is 17.7 Å². The van der Waals surface area contributed by atoms with E-state index in [-0.39, 0.29) is 22.6 Å². The van der Waals surface area contributed by atoms with E-state index in [1.165, 1.54) is 24.4 Å². The third-order valence-corrected chi connectivity index (χ3v) is 5.60. The number of carboxylic acids is 1. The molecule has 4 rings (SSSR count). The molecule has 5 nitrogen and oxygen atoms in total. The predicted molar refractivity (Wildman–Crippen MR) is 104 cm³/mol. The number of rotatable bonds is 4. The Morgan fingerprint density at radius 1 is 1.17 bits per heavy atom. The van der Waals surface area contributed by atoms with E-state index in [9.17, 15) is 18.0 Å². The molecule has 1 N–H and O–H groups in total. The van der Waals surface area contributed by atoms with Crippen molar-refractivity contribution in [3.8, 4) is 5.82 Å². The average molecular weight is 436 g/mol. The van der Waals surface area contributed by atoms with Crippen molar-refractivity contribution in [2.75, 3.05) is 0 Å². The Labute approximate surface area is 175 Å². The summed E-state index contributed by atoms with van der Waals surface area (Å²) in [5.41, 5.74) is 1.63. The third kappa shape index (κ3) is 3.79. The molecule has 2 aromatic heterocycles. The van der Waals surface area contributed by atoms with Gasteiger partial charge in [0.2, 0.25) is 0 Å². The van der Waals surface area contributed by atoms with Gasteiger partial charge in [0.15, 0.2) is 5.82 Å². The number of alkyl halides is 3. The van der Waals surface area contributed by atoms with Crippen molar-refractivity contribution in [3.05, 3.63) is 75.2 Å². The number of hydrogen-bond acceptors (Lipinski definition) is 3. The number of pyridine rings is 1. The van der Waals surface area contributed by atoms with Gasteiger partial charge in [-0.05, 0) is 61.1 Å². The van der Waals surface area contributed by atoms with E-state index in [1.807, 2.05) is 0 Å². The highest BCUT2D eigenvalue weighted by Crippen LogP contribution is 2.37. The number of hydrogen-bond donors (Lipinski definition) is 1. The van der Waals surface area contributed by atoms with E-state index in [4.69, 9.17) is 16.7 Å². The van der Waals surface area contributed by atoms with Gasteiger partial charge in [0.05, 0.1) is 16.8 Å². The van der Waals surface area contributed by atoms with Crippen molar-refractivity contribution >= 4 is 17.6 Å². The van der Waals surface area contributed by atoms with Crippen LogP contribution in [-0.2, 0) is 25.4 Å². The monoisotopic (exact) mass is 435 g/mol. The number of fused-ring (bicyclic) bond motifs is 1. The molecule has 1 aliphatic carbocycles. The topological polar surface area (TPSA) is 68.0 Å². The largest absolute Gasteiger partial charge is 0.478 e. The molecule has 1 aromatic carbocycles. The molecule has 0 radical (unpaired) electrons. The van der Waals surface area contributed by atoms with Gasteiger partial charge in [0.25, 0.3) is 0 Å². The Kier molecular flexibility index (Phi) is 5.27. The van der Waals surface area contributed by atoms with Crippen molar-refractivity contribution in [1.82, 2.24) is 14.8 Å². The van der Waals surface area contributed by atoms with Crippen LogP contribution in [0.5, 0.6) is 0 Å². The summed E-state index contributed by atoms with van der Waals surface area (Å²) in [6.07, 6.45) is -0.0296. The molecule has 0 spiro atoms. The van der Waals surface area contributed by atoms with Crippen molar-refractivity contribution in [1.29, 1.82) is 0 Å². The lowest BCUT2D eigenvalue weighted by molar-refractivity contribution is -0.138. The van der Waals surface area contributed by atoms with E-state index in [1.54, 1.807) is 10.7 Å². The van der Waals surface area contributed by atoms with Gasteiger partial charge in [-0.1, -0.05) is 17.7 Å². The molecule has 0 amide bonds. The van der Waals surface area contributed by atoms with Gasteiger partial charge >= 0.3 is 12.1 Å². The second-order valence-corrected chi connectivity index (χ2v) is 7.55. The summed E-state index contributed by atoms with van der Waals surface area (Å²) in [5.74, 6) is -0.657. The SMILES string of the molecule is O=C(O)c1ccc(-n2nc(Cc3c(Cl)cccc3C(F)(F)F)c3c2CCCC3)nc1. The first-order valence-corrected chi connectivity index (χ1v) is 9.77. The molecule has 30 heavy (non-hydrogen) atoms. The quantitative estimate of drug-likeness (QED) is 0.618. The lowest BCUT2D eigenvalue weighted by atomic mass is 9.92. The second kappa shape index (κ2) is 7.75. The maximum Gasteiger partial charge on any atom is 0.416 e. The molecule has 156 valence electrons. The fourth-order valence-electron chi connectivity index (χ4n) is 3.82. The first kappa shape index (κ1) is 20.4. The summed E-state index contributed by atoms with van der Waals surface area (Å²) in [4.78, 5) is 15.3. The van der Waals surface area contributed by atoms with Crippen LogP contribution in [0.4, 0.5) is 13.2 Å². The van der Waals surface area contributed by atoms with E-state index in [0.29, 0.717) is 17.9 Å². The summed E-state index contributed by atoms with van der Waals surface area (Å²) < 4.78 is 42.1. The molecule has 0 fully saturated rings. The van der Waals surface area contributed by atoms with Crippen LogP contribution in [0.25, 0.3) is 5.82 Å². The van der Waals surface area contributed by atoms with Crippen LogP contribution in [0.2, 0.25) is 5.02 Å². The zero-order chi connectivity index (χ0) is 21.5. The van der Waals surface area contributed by atoms with Crippen molar-refractivity contribution in [3.63, 3.8) is 0 Å². The number of halogens is 4. The average Bonchev–Trinajstić information content (AvgIpc) is 3.07. The number of nitrogens with zero attached hydrogens (tertiary/aromatic N) is 3. The van der Waals surface area contributed by atoms with Crippen LogP contribution in [0.1, 0.15) is 51.3 Å². The van der Waals surface area contributed by atoms with Crippen molar-refractivity contribution in [2.45, 2.75) is 38.3 Å². The number of aromatic carboxylic acids is 1. The molecular weight excluding hydrogens is 419 g/mol. The normalized spacial score (nSPS) is 13.9. The molecule has 0 unspecified atom stereocenters. The molecule has 0 bridgehead atoms. The van der Waals surface area contributed by atoms with Crippen LogP contribution >= 0.6 is 11.6 Å². The number of aromatic nitrogens is 3. The molecule has 2 heterocycles. The molecule has 9 heteroatoms. The molecule has 3 aromatic rings. The van der Waals surface area contributed by atoms with E-state index >= 15 is 0 Å². The van der Waals surface area contributed by atoms with E-state index in [2.05, 4.69) is 10.1 Å². The highest BCUT2D eigenvalue weighted by molar-refractivity contribution is 6.31. The summed E-state index contributed by atoms with van der Waals surface area (Å²) in [6, 6.07) is 6.73. The Morgan fingerprint density at radius 2 is 1.93 bits per heavy atom. The lowest BCUT2D eigenvalue weighted by Gasteiger charge is -2.15. The van der Waals surface area contributed by atoms with Gasteiger partial charge in [-0.25, -0.2) is 14.5 Å². The maximum absolute atomic E-state index is 13.5. The zero-order valence-electron chi connectivity index (χ0n) is 15.7. The molecule has 1 aliphatic rings. The second-order valence-electron chi connectivity index (χ2n) is 7.14. The first-order chi connectivity index (χ1) is 14.3. The Balaban J connectivity index is 1.79. The first-order valence-electron chi connectivity index (χ1n) is 9.39. The summed E-state index contributed by atoms with van der Waals surface area (Å²) in [6.45, 7) is 0. The summed E-state index contributed by atoms with van der Waals surface area (Å²) in [5, 5.41) is 13.7. The van der Waals surface area contributed by atoms with Crippen LogP contribution in [0.3, 0.4) is 0 Å². The van der Waals surface area contributed by atoms with Gasteiger partial charge in [-0.3, -0.25) is 0 Å². The van der Waals surface area contributed by atoms with Gasteiger partial charge in [-0.15, -0.1) is 0 Å². The Hall–Kier alpha value is -2.87. The van der Waals surface area contributed by atoms with Crippen LogP contribution in [-0.4, -0.2) is 25.8 Å². The number of carbonyl (C=O) groups is 1. The highest BCUT2D eigenvalue weighted by atomic mass is 35.5. The van der Waals surface area contributed by atoms with Gasteiger partial charge in [0, 0.05) is 23.3 Å². The number of benzene rings is 1. The van der Waals surface area contributed by atoms with Crippen molar-refractivity contribution in [2.24, 2.45) is 0 Å². The highest BCUT2D eigenvalue weighted by Gasteiger charge is 2.35. The fraction of sp³-hybridized carbons (Fsp3) is 0.286. The predicted octanol–water partition coefficient (Wildman–Crippen LogP) is 5.11. The van der Waals surface area contributed by atoms with Crippen LogP contribution in [0, 0.1) is 0 Å². The van der Waals surface area contributed by atoms with E-state index in [0.717, 1.165) is 36.6 Å². The summed E-state index contributed by atoms with van der Waals surface area (Å²) >= 11 is 6.14. The molecule has 0 aliphatic heterocycles. The van der Waals surface area contributed by atoms with Gasteiger partial charge in [0.1, 0.15) is 0 Å². The lowest BCUT2D eigenvalue weighted by Crippen LogP contribution is -2.11. The minimum Gasteiger partial charge on any atom is -0.478 e. The minimum atomic E-state index is -4.52. The number of carboxylic acid groups (broad SMARTS) is 1. The van der Waals surface area contributed by atoms with Crippen LogP contribution in [0.15, 0.2) is 36.5 Å². The Morgan fingerprint density at radius 3 is 2.60 bits per heavy atom. The van der Waals surface area contributed by atoms with Crippen LogP contribution < -0.4 is 0 Å². The van der Waals surface area contributed by atoms with Gasteiger partial charge in [-0.2, -0.15) is 18.3 Å². The molecule has 0 saturated carbocycles. The van der Waals surface area contributed by atoms with Crippen molar-refractivity contribution < 1.29 is 23.1 Å². The van der Waals surface area contributed by atoms with Gasteiger partial charge < -0.3 is 5.11 Å².